The van der Waals surface area contributed by atoms with Crippen LogP contribution in [-0.2, 0) is 4.79 Å². The summed E-state index contributed by atoms with van der Waals surface area (Å²) in [5.41, 5.74) is 0. The van der Waals surface area contributed by atoms with Gasteiger partial charge in [-0.25, -0.2) is 4.98 Å². The van der Waals surface area contributed by atoms with Crippen molar-refractivity contribution in [2.45, 2.75) is 25.4 Å². The first-order chi connectivity index (χ1) is 10.2. The molecule has 2 N–H and O–H groups in total. The van der Waals surface area contributed by atoms with Crippen molar-refractivity contribution in [3.8, 4) is 0 Å². The Bertz CT molecular complexity index is 510. The molecule has 1 aromatic rings. The number of hydrogen-bond donors (Lipinski definition) is 2. The van der Waals surface area contributed by atoms with Gasteiger partial charge in [-0.15, -0.1) is 0 Å². The molecule has 2 aliphatic heterocycles. The quantitative estimate of drug-likeness (QED) is 0.783. The fraction of sp³-hybridized carbons (Fsp3) is 0.643. The normalized spacial score (nSPS) is 23.7. The Morgan fingerprint density at radius 2 is 2.14 bits per heavy atom. The van der Waals surface area contributed by atoms with Crippen LogP contribution in [0.5, 0.6) is 0 Å². The number of carbonyl (C=O) groups excluding carboxylic acids is 1. The third-order valence-electron chi connectivity index (χ3n) is 3.89. The largest absolute Gasteiger partial charge is 0.391 e. The van der Waals surface area contributed by atoms with Crippen molar-refractivity contribution in [3.05, 3.63) is 12.3 Å². The fourth-order valence-corrected chi connectivity index (χ4v) is 2.81. The van der Waals surface area contributed by atoms with Crippen molar-refractivity contribution in [2.24, 2.45) is 0 Å². The number of piperidine rings is 1. The second kappa shape index (κ2) is 6.26. The Hall–Kier alpha value is -1.89. The average Bonchev–Trinajstić information content (AvgIpc) is 2.72. The third-order valence-corrected chi connectivity index (χ3v) is 3.89. The molecule has 0 saturated carbocycles. The molecule has 7 nitrogen and oxygen atoms in total. The van der Waals surface area contributed by atoms with E-state index in [-0.39, 0.29) is 12.0 Å². The number of aliphatic hydroxyl groups excluding tert-OH is 1. The first-order valence-corrected chi connectivity index (χ1v) is 7.50. The molecular weight excluding hydrogens is 270 g/mol. The molecule has 3 heterocycles. The van der Waals surface area contributed by atoms with E-state index in [4.69, 9.17) is 0 Å². The smallest absolute Gasteiger partial charge is 0.239 e. The minimum atomic E-state index is -0.291. The molecule has 114 valence electrons. The van der Waals surface area contributed by atoms with Crippen molar-refractivity contribution in [1.29, 1.82) is 0 Å². The Labute approximate surface area is 124 Å². The van der Waals surface area contributed by atoms with E-state index in [2.05, 4.69) is 20.2 Å². The van der Waals surface area contributed by atoms with Crippen molar-refractivity contribution in [3.63, 3.8) is 0 Å². The number of anilines is 2. The molecule has 0 aromatic carbocycles. The van der Waals surface area contributed by atoms with Crippen LogP contribution in [0.3, 0.4) is 0 Å². The highest BCUT2D eigenvalue weighted by atomic mass is 16.3. The van der Waals surface area contributed by atoms with Crippen LogP contribution in [0.1, 0.15) is 19.3 Å². The first-order valence-electron chi connectivity index (χ1n) is 7.50. The van der Waals surface area contributed by atoms with Crippen LogP contribution in [0.2, 0.25) is 0 Å². The van der Waals surface area contributed by atoms with E-state index in [1.165, 1.54) is 0 Å². The van der Waals surface area contributed by atoms with Gasteiger partial charge in [0.25, 0.3) is 0 Å². The van der Waals surface area contributed by atoms with Crippen molar-refractivity contribution in [1.82, 2.24) is 15.3 Å². The zero-order valence-corrected chi connectivity index (χ0v) is 12.0. The predicted octanol–water partition coefficient (Wildman–Crippen LogP) is -0.236. The maximum atomic E-state index is 11.6. The molecular formula is C14H21N5O2. The van der Waals surface area contributed by atoms with E-state index in [9.17, 15) is 9.90 Å². The van der Waals surface area contributed by atoms with Gasteiger partial charge in [-0.2, -0.15) is 4.98 Å². The zero-order chi connectivity index (χ0) is 14.7. The number of carbonyl (C=O) groups is 1. The van der Waals surface area contributed by atoms with E-state index in [0.29, 0.717) is 25.6 Å². The van der Waals surface area contributed by atoms with Gasteiger partial charge in [-0.3, -0.25) is 4.79 Å². The Kier molecular flexibility index (Phi) is 4.19. The van der Waals surface area contributed by atoms with Crippen LogP contribution in [-0.4, -0.2) is 59.8 Å². The topological polar surface area (TPSA) is 81.6 Å². The van der Waals surface area contributed by atoms with Crippen LogP contribution >= 0.6 is 0 Å². The summed E-state index contributed by atoms with van der Waals surface area (Å²) in [7, 11) is 0. The lowest BCUT2D eigenvalue weighted by Crippen LogP contribution is -2.39. The summed E-state index contributed by atoms with van der Waals surface area (Å²) in [6.07, 6.45) is 4.14. The summed E-state index contributed by atoms with van der Waals surface area (Å²) in [5.74, 6) is 1.42. The van der Waals surface area contributed by atoms with Gasteiger partial charge < -0.3 is 20.2 Å². The SMILES string of the molecule is O=C1CN(c2nccc(N3CCCC(O)C3)n2)CCCN1. The Morgan fingerprint density at radius 1 is 1.29 bits per heavy atom. The highest BCUT2D eigenvalue weighted by Crippen LogP contribution is 2.20. The molecule has 2 fully saturated rings. The number of aromatic nitrogens is 2. The molecule has 7 heteroatoms. The third kappa shape index (κ3) is 3.41. The molecule has 2 aliphatic rings. The number of rotatable bonds is 2. The summed E-state index contributed by atoms with van der Waals surface area (Å²) < 4.78 is 0. The molecule has 3 rings (SSSR count). The van der Waals surface area contributed by atoms with Crippen LogP contribution in [0.25, 0.3) is 0 Å². The van der Waals surface area contributed by atoms with Crippen LogP contribution < -0.4 is 15.1 Å². The maximum absolute atomic E-state index is 11.6. The van der Waals surface area contributed by atoms with Crippen molar-refractivity contribution in [2.75, 3.05) is 42.5 Å². The van der Waals surface area contributed by atoms with E-state index in [0.717, 1.165) is 38.2 Å². The van der Waals surface area contributed by atoms with E-state index in [1.54, 1.807) is 6.20 Å². The number of aliphatic hydroxyl groups is 1. The van der Waals surface area contributed by atoms with E-state index in [1.807, 2.05) is 11.0 Å². The number of nitrogens with one attached hydrogen (secondary N) is 1. The van der Waals surface area contributed by atoms with E-state index < -0.39 is 0 Å². The predicted molar refractivity (Wildman–Crippen MR) is 79.3 cm³/mol. The second-order valence-corrected chi connectivity index (χ2v) is 5.58. The van der Waals surface area contributed by atoms with Gasteiger partial charge in [0, 0.05) is 32.4 Å². The average molecular weight is 291 g/mol. The minimum Gasteiger partial charge on any atom is -0.391 e. The molecule has 1 atom stereocenters. The molecule has 0 bridgehead atoms. The maximum Gasteiger partial charge on any atom is 0.239 e. The molecule has 1 unspecified atom stereocenters. The fourth-order valence-electron chi connectivity index (χ4n) is 2.81. The Balaban J connectivity index is 1.77. The van der Waals surface area contributed by atoms with Crippen LogP contribution in [0.15, 0.2) is 12.3 Å². The van der Waals surface area contributed by atoms with Gasteiger partial charge in [0.2, 0.25) is 11.9 Å². The zero-order valence-electron chi connectivity index (χ0n) is 12.0. The summed E-state index contributed by atoms with van der Waals surface area (Å²) in [4.78, 5) is 24.5. The molecule has 1 amide bonds. The number of amides is 1. The highest BCUT2D eigenvalue weighted by molar-refractivity contribution is 5.81. The van der Waals surface area contributed by atoms with Gasteiger partial charge in [0.05, 0.1) is 12.6 Å². The number of nitrogens with zero attached hydrogens (tertiary/aromatic N) is 4. The van der Waals surface area contributed by atoms with E-state index >= 15 is 0 Å². The lowest BCUT2D eigenvalue weighted by atomic mass is 10.1. The monoisotopic (exact) mass is 291 g/mol. The van der Waals surface area contributed by atoms with Crippen LogP contribution in [0.4, 0.5) is 11.8 Å². The van der Waals surface area contributed by atoms with Gasteiger partial charge >= 0.3 is 0 Å². The van der Waals surface area contributed by atoms with Crippen LogP contribution in [0, 0.1) is 0 Å². The van der Waals surface area contributed by atoms with Crippen molar-refractivity contribution >= 4 is 17.7 Å². The minimum absolute atomic E-state index is 0.00916. The standard InChI is InChI=1S/C14H21N5O2/c20-11-3-1-7-18(9-11)12-4-6-16-14(17-12)19-8-2-5-15-13(21)10-19/h4,6,11,20H,1-3,5,7-10H2,(H,15,21). The Morgan fingerprint density at radius 3 is 3.00 bits per heavy atom. The van der Waals surface area contributed by atoms with Crippen molar-refractivity contribution < 1.29 is 9.90 Å². The molecule has 2 saturated heterocycles. The molecule has 21 heavy (non-hydrogen) atoms. The molecule has 0 aliphatic carbocycles. The van der Waals surface area contributed by atoms with Gasteiger partial charge in [0.15, 0.2) is 0 Å². The summed E-state index contributed by atoms with van der Waals surface area (Å²) in [6, 6.07) is 1.86. The van der Waals surface area contributed by atoms with Gasteiger partial charge in [-0.1, -0.05) is 0 Å². The van der Waals surface area contributed by atoms with Gasteiger partial charge in [-0.05, 0) is 25.3 Å². The number of hydrogen-bond acceptors (Lipinski definition) is 6. The number of β-amino-alcohol motifs (C(OH)–C–C–N with tert-alkyl or cyclic N) is 1. The van der Waals surface area contributed by atoms with Gasteiger partial charge in [0.1, 0.15) is 5.82 Å². The first kappa shape index (κ1) is 14.1. The highest BCUT2D eigenvalue weighted by Gasteiger charge is 2.21. The summed E-state index contributed by atoms with van der Waals surface area (Å²) in [5, 5.41) is 12.6. The molecule has 1 aromatic heterocycles. The second-order valence-electron chi connectivity index (χ2n) is 5.58. The lowest BCUT2D eigenvalue weighted by molar-refractivity contribution is -0.119. The molecule has 0 spiro atoms. The summed E-state index contributed by atoms with van der Waals surface area (Å²) >= 11 is 0. The lowest BCUT2D eigenvalue weighted by Gasteiger charge is -2.31. The summed E-state index contributed by atoms with van der Waals surface area (Å²) in [6.45, 7) is 3.27. The molecule has 0 radical (unpaired) electrons.